The lowest BCUT2D eigenvalue weighted by Crippen LogP contribution is -2.55. The summed E-state index contributed by atoms with van der Waals surface area (Å²) in [5.41, 5.74) is 4.80. The lowest BCUT2D eigenvalue weighted by Gasteiger charge is -2.52. The molecule has 0 amide bonds. The van der Waals surface area contributed by atoms with Gasteiger partial charge in [0.15, 0.2) is 5.78 Å². The summed E-state index contributed by atoms with van der Waals surface area (Å²) in [4.78, 5) is 13.6. The number of hydrogen-bond donors (Lipinski definition) is 1. The second kappa shape index (κ2) is 6.23. The molecule has 0 heterocycles. The number of ketones is 1. The van der Waals surface area contributed by atoms with E-state index >= 15 is 0 Å². The topological polar surface area (TPSA) is 46.5 Å². The maximum absolute atomic E-state index is 13.6. The number of Topliss-reactive ketones (excluding diaryl/α,β-unsaturated/α-hetero) is 1. The number of fused-ring (bicyclic) bond motifs is 2. The Morgan fingerprint density at radius 3 is 2.23 bits per heavy atom. The highest BCUT2D eigenvalue weighted by molar-refractivity contribution is 6.26. The predicted octanol–water partition coefficient (Wildman–Crippen LogP) is 4.79. The van der Waals surface area contributed by atoms with Gasteiger partial charge in [-0.25, -0.2) is 0 Å². The zero-order chi connectivity index (χ0) is 18.6. The van der Waals surface area contributed by atoms with E-state index in [4.69, 9.17) is 4.74 Å². The SMILES string of the molecule is CCc1cc(C)cc(CC)c1C1=C(O)[C@H]2[C@H]3CC[C@](OC)(CC3)[C@H]2C1=O. The molecule has 1 N–H and O–H groups in total. The first-order valence-corrected chi connectivity index (χ1v) is 10.1. The van der Waals surface area contributed by atoms with E-state index in [1.54, 1.807) is 7.11 Å². The Kier molecular flexibility index (Phi) is 4.26. The maximum atomic E-state index is 13.6. The van der Waals surface area contributed by atoms with Crippen LogP contribution in [0.5, 0.6) is 0 Å². The minimum atomic E-state index is -0.379. The van der Waals surface area contributed by atoms with Gasteiger partial charge in [-0.2, -0.15) is 0 Å². The normalized spacial score (nSPS) is 33.1. The molecule has 26 heavy (non-hydrogen) atoms. The van der Waals surface area contributed by atoms with Gasteiger partial charge in [-0.05, 0) is 68.1 Å². The third kappa shape index (κ3) is 2.26. The highest BCUT2D eigenvalue weighted by Crippen LogP contribution is 2.60. The number of aryl methyl sites for hydroxylation is 3. The lowest BCUT2D eigenvalue weighted by atomic mass is 9.56. The van der Waals surface area contributed by atoms with Crippen molar-refractivity contribution in [2.45, 2.75) is 64.9 Å². The van der Waals surface area contributed by atoms with Crippen LogP contribution in [0.15, 0.2) is 17.9 Å². The summed E-state index contributed by atoms with van der Waals surface area (Å²) in [6, 6.07) is 4.34. The Balaban J connectivity index is 1.90. The summed E-state index contributed by atoms with van der Waals surface area (Å²) in [6.07, 6.45) is 5.71. The predicted molar refractivity (Wildman–Crippen MR) is 103 cm³/mol. The number of ether oxygens (including phenoxy) is 1. The van der Waals surface area contributed by atoms with Crippen molar-refractivity contribution in [3.8, 4) is 0 Å². The summed E-state index contributed by atoms with van der Waals surface area (Å²) in [5.74, 6) is 0.631. The molecule has 0 aromatic heterocycles. The Morgan fingerprint density at radius 2 is 1.73 bits per heavy atom. The monoisotopic (exact) mass is 354 g/mol. The zero-order valence-corrected chi connectivity index (χ0v) is 16.4. The molecule has 2 atom stereocenters. The summed E-state index contributed by atoms with van der Waals surface area (Å²) in [7, 11) is 1.74. The number of allylic oxidation sites excluding steroid dienone is 2. The minimum absolute atomic E-state index is 0.0457. The van der Waals surface area contributed by atoms with Crippen molar-refractivity contribution in [1.29, 1.82) is 0 Å². The lowest BCUT2D eigenvalue weighted by molar-refractivity contribution is -0.162. The number of rotatable bonds is 4. The molecule has 140 valence electrons. The first-order valence-electron chi connectivity index (χ1n) is 10.1. The summed E-state index contributed by atoms with van der Waals surface area (Å²) in [6.45, 7) is 6.36. The molecule has 4 aliphatic rings. The van der Waals surface area contributed by atoms with Gasteiger partial charge in [0.1, 0.15) is 5.76 Å². The van der Waals surface area contributed by atoms with Crippen LogP contribution in [-0.4, -0.2) is 23.6 Å². The van der Waals surface area contributed by atoms with E-state index in [9.17, 15) is 9.90 Å². The van der Waals surface area contributed by atoms with Gasteiger partial charge in [-0.1, -0.05) is 31.5 Å². The van der Waals surface area contributed by atoms with E-state index in [-0.39, 0.29) is 23.2 Å². The number of benzene rings is 1. The largest absolute Gasteiger partial charge is 0.511 e. The maximum Gasteiger partial charge on any atom is 0.173 e. The fourth-order valence-corrected chi connectivity index (χ4v) is 6.03. The number of hydrogen-bond acceptors (Lipinski definition) is 3. The molecule has 3 nitrogen and oxygen atoms in total. The van der Waals surface area contributed by atoms with Crippen LogP contribution >= 0.6 is 0 Å². The molecule has 4 aliphatic carbocycles. The van der Waals surface area contributed by atoms with Crippen molar-refractivity contribution in [3.63, 3.8) is 0 Å². The van der Waals surface area contributed by atoms with Crippen LogP contribution in [0.4, 0.5) is 0 Å². The number of carbonyl (C=O) groups excluding carboxylic acids is 1. The molecule has 3 fully saturated rings. The molecule has 0 saturated heterocycles. The molecular weight excluding hydrogens is 324 g/mol. The molecule has 5 rings (SSSR count). The van der Waals surface area contributed by atoms with Crippen LogP contribution < -0.4 is 0 Å². The van der Waals surface area contributed by atoms with E-state index in [1.807, 2.05) is 0 Å². The Morgan fingerprint density at radius 1 is 1.15 bits per heavy atom. The Hall–Kier alpha value is -1.61. The van der Waals surface area contributed by atoms with Gasteiger partial charge < -0.3 is 9.84 Å². The molecule has 0 radical (unpaired) electrons. The van der Waals surface area contributed by atoms with Gasteiger partial charge in [-0.15, -0.1) is 0 Å². The van der Waals surface area contributed by atoms with Gasteiger partial charge in [0.05, 0.1) is 17.1 Å². The molecule has 2 bridgehead atoms. The van der Waals surface area contributed by atoms with Crippen molar-refractivity contribution < 1.29 is 14.6 Å². The van der Waals surface area contributed by atoms with Gasteiger partial charge in [0.2, 0.25) is 0 Å². The second-order valence-electron chi connectivity index (χ2n) is 8.40. The Bertz CT molecular complexity index is 756. The third-order valence-electron chi connectivity index (χ3n) is 7.28. The molecule has 0 unspecified atom stereocenters. The van der Waals surface area contributed by atoms with Crippen LogP contribution in [0.25, 0.3) is 5.57 Å². The fourth-order valence-electron chi connectivity index (χ4n) is 6.03. The highest BCUT2D eigenvalue weighted by Gasteiger charge is 2.62. The number of carbonyl (C=O) groups is 1. The first kappa shape index (κ1) is 17.8. The highest BCUT2D eigenvalue weighted by atomic mass is 16.5. The summed E-state index contributed by atoms with van der Waals surface area (Å²) >= 11 is 0. The number of aliphatic hydroxyl groups excluding tert-OH is 1. The van der Waals surface area contributed by atoms with Crippen LogP contribution in [0.1, 0.15) is 61.8 Å². The molecular formula is C23H30O3. The van der Waals surface area contributed by atoms with Gasteiger partial charge in [0.25, 0.3) is 0 Å². The fraction of sp³-hybridized carbons (Fsp3) is 0.609. The average Bonchev–Trinajstić information content (AvgIpc) is 2.95. The zero-order valence-electron chi connectivity index (χ0n) is 16.4. The van der Waals surface area contributed by atoms with E-state index < -0.39 is 0 Å². The average molecular weight is 354 g/mol. The smallest absolute Gasteiger partial charge is 0.173 e. The van der Waals surface area contributed by atoms with E-state index in [1.165, 1.54) is 16.7 Å². The number of methoxy groups -OCH3 is 1. The van der Waals surface area contributed by atoms with E-state index in [2.05, 4.69) is 32.9 Å². The van der Waals surface area contributed by atoms with Crippen LogP contribution in [0.2, 0.25) is 0 Å². The summed E-state index contributed by atoms with van der Waals surface area (Å²) < 4.78 is 5.96. The molecule has 3 heteroatoms. The standard InChI is InChI=1S/C23H30O3/c1-5-14-11-13(3)12-15(6-2)17(14)19-21(24)18-16-7-9-23(26-4,10-8-16)20(18)22(19)25/h11-12,16,18,20,24H,5-10H2,1-4H3/t16-,18-,20+,23-/m0/s1. The number of aliphatic hydroxyl groups is 1. The third-order valence-corrected chi connectivity index (χ3v) is 7.28. The van der Waals surface area contributed by atoms with Gasteiger partial charge in [0, 0.05) is 13.0 Å². The molecule has 0 aliphatic heterocycles. The van der Waals surface area contributed by atoms with Crippen molar-refractivity contribution in [1.82, 2.24) is 0 Å². The Labute approximate surface area is 156 Å². The quantitative estimate of drug-likeness (QED) is 0.845. The van der Waals surface area contributed by atoms with Crippen LogP contribution in [0.3, 0.4) is 0 Å². The van der Waals surface area contributed by atoms with Crippen molar-refractivity contribution in [2.75, 3.05) is 7.11 Å². The second-order valence-corrected chi connectivity index (χ2v) is 8.40. The molecule has 3 saturated carbocycles. The van der Waals surface area contributed by atoms with Crippen molar-refractivity contribution >= 4 is 11.4 Å². The van der Waals surface area contributed by atoms with E-state index in [0.717, 1.165) is 44.1 Å². The van der Waals surface area contributed by atoms with Gasteiger partial charge in [-0.3, -0.25) is 4.79 Å². The molecule has 0 spiro atoms. The molecule has 1 aromatic rings. The first-order chi connectivity index (χ1) is 12.5. The van der Waals surface area contributed by atoms with E-state index in [0.29, 0.717) is 17.3 Å². The van der Waals surface area contributed by atoms with Crippen LogP contribution in [0, 0.1) is 24.7 Å². The van der Waals surface area contributed by atoms with Crippen LogP contribution in [-0.2, 0) is 22.4 Å². The summed E-state index contributed by atoms with van der Waals surface area (Å²) in [5, 5.41) is 11.3. The van der Waals surface area contributed by atoms with Crippen molar-refractivity contribution in [2.24, 2.45) is 17.8 Å². The van der Waals surface area contributed by atoms with Gasteiger partial charge >= 0.3 is 0 Å². The molecule has 1 aromatic carbocycles. The minimum Gasteiger partial charge on any atom is -0.511 e. The van der Waals surface area contributed by atoms with Crippen molar-refractivity contribution in [3.05, 3.63) is 40.1 Å².